The van der Waals surface area contributed by atoms with E-state index in [9.17, 15) is 9.59 Å². The molecular formula is C10H15N3O3. The lowest BCUT2D eigenvalue weighted by Gasteiger charge is -2.15. The molecule has 0 spiro atoms. The predicted octanol–water partition coefficient (Wildman–Crippen LogP) is 0.655. The maximum Gasteiger partial charge on any atom is 0.303 e. The van der Waals surface area contributed by atoms with E-state index in [0.29, 0.717) is 18.7 Å². The van der Waals surface area contributed by atoms with Crippen molar-refractivity contribution in [3.8, 4) is 0 Å². The molecule has 0 aliphatic heterocycles. The molecule has 0 aliphatic carbocycles. The van der Waals surface area contributed by atoms with Crippen LogP contribution in [0.3, 0.4) is 0 Å². The van der Waals surface area contributed by atoms with Gasteiger partial charge in [0.25, 0.3) is 5.91 Å². The van der Waals surface area contributed by atoms with Gasteiger partial charge in [0.1, 0.15) is 5.69 Å². The van der Waals surface area contributed by atoms with Crippen molar-refractivity contribution in [1.82, 2.24) is 15.1 Å². The van der Waals surface area contributed by atoms with Crippen LogP contribution in [0.5, 0.6) is 0 Å². The highest BCUT2D eigenvalue weighted by molar-refractivity contribution is 5.93. The number of nitrogens with one attached hydrogen (secondary N) is 1. The van der Waals surface area contributed by atoms with E-state index in [4.69, 9.17) is 5.11 Å². The minimum Gasteiger partial charge on any atom is -0.481 e. The first-order valence-corrected chi connectivity index (χ1v) is 4.99. The van der Waals surface area contributed by atoms with Gasteiger partial charge in [-0.1, -0.05) is 0 Å². The summed E-state index contributed by atoms with van der Waals surface area (Å²) >= 11 is 0. The number of hydrogen-bond acceptors (Lipinski definition) is 3. The summed E-state index contributed by atoms with van der Waals surface area (Å²) in [4.78, 5) is 23.6. The molecule has 0 fully saturated rings. The monoisotopic (exact) mass is 225 g/mol. The Bertz CT molecular complexity index is 386. The summed E-state index contributed by atoms with van der Waals surface area (Å²) in [5.74, 6) is -1.01. The maximum atomic E-state index is 11.8. The minimum absolute atomic E-state index is 0.0690. The van der Waals surface area contributed by atoms with Crippen molar-refractivity contribution in [3.63, 3.8) is 0 Å². The summed E-state index contributed by atoms with van der Waals surface area (Å²) < 4.78 is 0. The molecule has 0 saturated heterocycles. The quantitative estimate of drug-likeness (QED) is 0.770. The summed E-state index contributed by atoms with van der Waals surface area (Å²) in [7, 11) is 1.64. The van der Waals surface area contributed by atoms with Crippen LogP contribution in [0.15, 0.2) is 6.20 Å². The first kappa shape index (κ1) is 12.2. The van der Waals surface area contributed by atoms with Crippen molar-refractivity contribution in [2.24, 2.45) is 0 Å². The average molecular weight is 225 g/mol. The number of amides is 1. The molecule has 1 heterocycles. The third-order valence-corrected chi connectivity index (χ3v) is 2.27. The smallest absolute Gasteiger partial charge is 0.303 e. The molecule has 16 heavy (non-hydrogen) atoms. The van der Waals surface area contributed by atoms with Gasteiger partial charge in [0.2, 0.25) is 0 Å². The second-order valence-electron chi connectivity index (χ2n) is 3.65. The minimum atomic E-state index is -0.849. The molecule has 6 heteroatoms. The summed E-state index contributed by atoms with van der Waals surface area (Å²) in [6, 6.07) is 0. The van der Waals surface area contributed by atoms with E-state index in [1.54, 1.807) is 20.2 Å². The van der Waals surface area contributed by atoms with E-state index < -0.39 is 5.97 Å². The SMILES string of the molecule is Cc1cn[nH]c1C(=O)N(C)CCCC(=O)O. The molecule has 6 nitrogen and oxygen atoms in total. The first-order chi connectivity index (χ1) is 7.52. The van der Waals surface area contributed by atoms with Gasteiger partial charge in [0.15, 0.2) is 0 Å². The van der Waals surface area contributed by atoms with E-state index in [2.05, 4.69) is 10.2 Å². The molecule has 0 saturated carbocycles. The van der Waals surface area contributed by atoms with Crippen molar-refractivity contribution in [1.29, 1.82) is 0 Å². The Labute approximate surface area is 93.3 Å². The lowest BCUT2D eigenvalue weighted by molar-refractivity contribution is -0.137. The number of hydrogen-bond donors (Lipinski definition) is 2. The summed E-state index contributed by atoms with van der Waals surface area (Å²) in [6.45, 7) is 2.21. The van der Waals surface area contributed by atoms with Crippen LogP contribution in [0, 0.1) is 6.92 Å². The van der Waals surface area contributed by atoms with Crippen LogP contribution in [0.4, 0.5) is 0 Å². The zero-order chi connectivity index (χ0) is 12.1. The van der Waals surface area contributed by atoms with Crippen molar-refractivity contribution < 1.29 is 14.7 Å². The van der Waals surface area contributed by atoms with Gasteiger partial charge in [-0.15, -0.1) is 0 Å². The Balaban J connectivity index is 2.49. The molecule has 1 rings (SSSR count). The van der Waals surface area contributed by atoms with Gasteiger partial charge in [-0.2, -0.15) is 5.10 Å². The van der Waals surface area contributed by atoms with Gasteiger partial charge < -0.3 is 10.0 Å². The van der Waals surface area contributed by atoms with Crippen LogP contribution in [0.2, 0.25) is 0 Å². The molecule has 88 valence electrons. The molecule has 2 N–H and O–H groups in total. The number of H-pyrrole nitrogens is 1. The number of aromatic amines is 1. The second-order valence-corrected chi connectivity index (χ2v) is 3.65. The molecule has 0 unspecified atom stereocenters. The van der Waals surface area contributed by atoms with Crippen LogP contribution < -0.4 is 0 Å². The largest absolute Gasteiger partial charge is 0.481 e. The number of carboxylic acid groups (broad SMARTS) is 1. The van der Waals surface area contributed by atoms with E-state index in [1.807, 2.05) is 0 Å². The normalized spacial score (nSPS) is 10.1. The number of carbonyl (C=O) groups is 2. The fraction of sp³-hybridized carbons (Fsp3) is 0.500. The molecule has 0 radical (unpaired) electrons. The van der Waals surface area contributed by atoms with Crippen LogP contribution in [0.25, 0.3) is 0 Å². The fourth-order valence-electron chi connectivity index (χ4n) is 1.32. The number of rotatable bonds is 5. The molecule has 1 amide bonds. The number of nitrogens with zero attached hydrogens (tertiary/aromatic N) is 2. The molecule has 1 aromatic rings. The molecule has 0 atom stereocenters. The third kappa shape index (κ3) is 3.08. The average Bonchev–Trinajstić information content (AvgIpc) is 2.62. The number of carboxylic acids is 1. The van der Waals surface area contributed by atoms with Crippen LogP contribution in [-0.2, 0) is 4.79 Å². The van der Waals surface area contributed by atoms with Crippen LogP contribution in [-0.4, -0.2) is 45.7 Å². The lowest BCUT2D eigenvalue weighted by atomic mass is 10.2. The maximum absolute atomic E-state index is 11.8. The van der Waals surface area contributed by atoms with Crippen LogP contribution >= 0.6 is 0 Å². The van der Waals surface area contributed by atoms with Crippen molar-refractivity contribution >= 4 is 11.9 Å². The third-order valence-electron chi connectivity index (χ3n) is 2.27. The highest BCUT2D eigenvalue weighted by Crippen LogP contribution is 2.06. The fourth-order valence-corrected chi connectivity index (χ4v) is 1.32. The van der Waals surface area contributed by atoms with Gasteiger partial charge in [-0.05, 0) is 18.9 Å². The Morgan fingerprint density at radius 1 is 1.56 bits per heavy atom. The van der Waals surface area contributed by atoms with E-state index >= 15 is 0 Å². The summed E-state index contributed by atoms with van der Waals surface area (Å²) in [5, 5.41) is 14.9. The van der Waals surface area contributed by atoms with Gasteiger partial charge >= 0.3 is 5.97 Å². The van der Waals surface area contributed by atoms with E-state index in [-0.39, 0.29) is 12.3 Å². The molecular weight excluding hydrogens is 210 g/mol. The molecule has 0 aromatic carbocycles. The summed E-state index contributed by atoms with van der Waals surface area (Å²) in [5.41, 5.74) is 1.24. The predicted molar refractivity (Wildman–Crippen MR) is 57.2 cm³/mol. The Kier molecular flexibility index (Phi) is 4.04. The number of aromatic nitrogens is 2. The summed E-state index contributed by atoms with van der Waals surface area (Å²) in [6.07, 6.45) is 2.10. The van der Waals surface area contributed by atoms with E-state index in [0.717, 1.165) is 5.56 Å². The van der Waals surface area contributed by atoms with Crippen molar-refractivity contribution in [2.45, 2.75) is 19.8 Å². The Morgan fingerprint density at radius 3 is 2.75 bits per heavy atom. The highest BCUT2D eigenvalue weighted by atomic mass is 16.4. The van der Waals surface area contributed by atoms with Gasteiger partial charge in [0.05, 0.1) is 6.20 Å². The zero-order valence-corrected chi connectivity index (χ0v) is 9.36. The van der Waals surface area contributed by atoms with Crippen LogP contribution in [0.1, 0.15) is 28.9 Å². The zero-order valence-electron chi connectivity index (χ0n) is 9.36. The van der Waals surface area contributed by atoms with Gasteiger partial charge in [0, 0.05) is 20.0 Å². The number of aryl methyl sites for hydroxylation is 1. The highest BCUT2D eigenvalue weighted by Gasteiger charge is 2.15. The second kappa shape index (κ2) is 5.29. The topological polar surface area (TPSA) is 86.3 Å². The first-order valence-electron chi connectivity index (χ1n) is 4.99. The van der Waals surface area contributed by atoms with E-state index in [1.165, 1.54) is 4.90 Å². The van der Waals surface area contributed by atoms with Gasteiger partial charge in [-0.3, -0.25) is 14.7 Å². The Morgan fingerprint density at radius 2 is 2.25 bits per heavy atom. The molecule has 1 aromatic heterocycles. The number of aliphatic carboxylic acids is 1. The molecule has 0 aliphatic rings. The van der Waals surface area contributed by atoms with Crippen molar-refractivity contribution in [2.75, 3.05) is 13.6 Å². The standard InChI is InChI=1S/C10H15N3O3/c1-7-6-11-12-9(7)10(16)13(2)5-3-4-8(14)15/h6H,3-5H2,1-2H3,(H,11,12)(H,14,15). The lowest BCUT2D eigenvalue weighted by Crippen LogP contribution is -2.28. The number of carbonyl (C=O) groups excluding carboxylic acids is 1. The Hall–Kier alpha value is -1.85. The molecule has 0 bridgehead atoms. The van der Waals surface area contributed by atoms with Crippen molar-refractivity contribution in [3.05, 3.63) is 17.5 Å². The van der Waals surface area contributed by atoms with Gasteiger partial charge in [-0.25, -0.2) is 0 Å².